The van der Waals surface area contributed by atoms with Crippen LogP contribution in [0.25, 0.3) is 10.1 Å². The summed E-state index contributed by atoms with van der Waals surface area (Å²) >= 11 is 1.74. The fourth-order valence-electron chi connectivity index (χ4n) is 2.06. The van der Waals surface area contributed by atoms with Gasteiger partial charge in [0.15, 0.2) is 0 Å². The number of aromatic nitrogens is 2. The van der Waals surface area contributed by atoms with Crippen molar-refractivity contribution in [2.75, 3.05) is 11.1 Å². The fourth-order valence-corrected chi connectivity index (χ4v) is 2.83. The summed E-state index contributed by atoms with van der Waals surface area (Å²) in [6.45, 7) is 6.22. The van der Waals surface area contributed by atoms with Gasteiger partial charge in [-0.25, -0.2) is 9.97 Å². The lowest BCUT2D eigenvalue weighted by atomic mass is 9.96. The van der Waals surface area contributed by atoms with Crippen LogP contribution in [0.1, 0.15) is 26.6 Å². The Morgan fingerprint density at radius 3 is 2.67 bits per heavy atom. The van der Waals surface area contributed by atoms with E-state index in [4.69, 9.17) is 5.73 Å². The highest BCUT2D eigenvalue weighted by Crippen LogP contribution is 2.27. The zero-order valence-corrected chi connectivity index (χ0v) is 13.2. The Kier molecular flexibility index (Phi) is 3.29. The molecule has 1 aromatic carbocycles. The van der Waals surface area contributed by atoms with Crippen molar-refractivity contribution in [3.63, 3.8) is 0 Å². The van der Waals surface area contributed by atoms with E-state index in [2.05, 4.69) is 59.6 Å². The van der Waals surface area contributed by atoms with Crippen LogP contribution in [-0.2, 0) is 5.41 Å². The Labute approximate surface area is 128 Å². The van der Waals surface area contributed by atoms with Crippen LogP contribution in [0.5, 0.6) is 0 Å². The topological polar surface area (TPSA) is 63.8 Å². The van der Waals surface area contributed by atoms with Crippen molar-refractivity contribution in [1.82, 2.24) is 9.97 Å². The number of nitrogen functional groups attached to an aromatic ring is 1. The molecule has 4 nitrogen and oxygen atoms in total. The van der Waals surface area contributed by atoms with Gasteiger partial charge in [0.05, 0.1) is 0 Å². The van der Waals surface area contributed by atoms with Crippen molar-refractivity contribution in [2.45, 2.75) is 26.2 Å². The SMILES string of the molecule is CC(C)(C)c1nc(N)cc(Nc2ccc3sccc3c2)n1. The molecule has 0 bridgehead atoms. The highest BCUT2D eigenvalue weighted by atomic mass is 32.1. The monoisotopic (exact) mass is 298 g/mol. The molecule has 0 spiro atoms. The lowest BCUT2D eigenvalue weighted by Gasteiger charge is -2.18. The predicted octanol–water partition coefficient (Wildman–Crippen LogP) is 4.31. The molecule has 0 saturated carbocycles. The number of hydrogen-bond donors (Lipinski definition) is 2. The smallest absolute Gasteiger partial charge is 0.138 e. The van der Waals surface area contributed by atoms with Crippen molar-refractivity contribution < 1.29 is 0 Å². The van der Waals surface area contributed by atoms with Gasteiger partial charge in [-0.3, -0.25) is 0 Å². The normalized spacial score (nSPS) is 11.8. The van der Waals surface area contributed by atoms with Crippen molar-refractivity contribution in [1.29, 1.82) is 0 Å². The number of fused-ring (bicyclic) bond motifs is 1. The molecule has 2 heterocycles. The van der Waals surface area contributed by atoms with Crippen molar-refractivity contribution in [3.8, 4) is 0 Å². The summed E-state index contributed by atoms with van der Waals surface area (Å²) in [5.74, 6) is 1.94. The number of nitrogens with two attached hydrogens (primary N) is 1. The molecule has 3 N–H and O–H groups in total. The number of benzene rings is 1. The maximum Gasteiger partial charge on any atom is 0.138 e. The van der Waals surface area contributed by atoms with Crippen LogP contribution in [0, 0.1) is 0 Å². The number of nitrogens with zero attached hydrogens (tertiary/aromatic N) is 2. The minimum atomic E-state index is -0.136. The third kappa shape index (κ3) is 2.97. The molecule has 108 valence electrons. The Morgan fingerprint density at radius 1 is 1.10 bits per heavy atom. The fraction of sp³-hybridized carbons (Fsp3) is 0.250. The van der Waals surface area contributed by atoms with Gasteiger partial charge in [-0.15, -0.1) is 11.3 Å². The van der Waals surface area contributed by atoms with Crippen molar-refractivity contribution in [2.24, 2.45) is 0 Å². The van der Waals surface area contributed by atoms with Crippen molar-refractivity contribution in [3.05, 3.63) is 41.5 Å². The lowest BCUT2D eigenvalue weighted by Crippen LogP contribution is -2.17. The third-order valence-electron chi connectivity index (χ3n) is 3.14. The summed E-state index contributed by atoms with van der Waals surface area (Å²) in [4.78, 5) is 8.88. The van der Waals surface area contributed by atoms with Gasteiger partial charge in [-0.1, -0.05) is 20.8 Å². The maximum absolute atomic E-state index is 5.89. The molecule has 3 rings (SSSR count). The minimum Gasteiger partial charge on any atom is -0.384 e. The molecule has 0 aliphatic heterocycles. The van der Waals surface area contributed by atoms with E-state index in [1.54, 1.807) is 17.4 Å². The molecule has 0 saturated heterocycles. The second-order valence-corrected chi connectivity index (χ2v) is 7.00. The zero-order valence-electron chi connectivity index (χ0n) is 12.3. The Hall–Kier alpha value is -2.14. The largest absolute Gasteiger partial charge is 0.384 e. The summed E-state index contributed by atoms with van der Waals surface area (Å²) in [6, 6.07) is 10.1. The van der Waals surface area contributed by atoms with E-state index in [1.807, 2.05) is 6.07 Å². The number of nitrogens with one attached hydrogen (secondary N) is 1. The summed E-state index contributed by atoms with van der Waals surface area (Å²) in [5, 5.41) is 6.63. The van der Waals surface area contributed by atoms with Crippen LogP contribution in [0.4, 0.5) is 17.3 Å². The molecule has 3 aromatic rings. The van der Waals surface area contributed by atoms with Gasteiger partial charge in [-0.2, -0.15) is 0 Å². The molecule has 0 radical (unpaired) electrons. The van der Waals surface area contributed by atoms with Crippen LogP contribution >= 0.6 is 11.3 Å². The van der Waals surface area contributed by atoms with Gasteiger partial charge < -0.3 is 11.1 Å². The summed E-state index contributed by atoms with van der Waals surface area (Å²) in [6.07, 6.45) is 0. The second kappa shape index (κ2) is 5.00. The second-order valence-electron chi connectivity index (χ2n) is 6.05. The number of rotatable bonds is 2. The lowest BCUT2D eigenvalue weighted by molar-refractivity contribution is 0.547. The Morgan fingerprint density at radius 2 is 1.90 bits per heavy atom. The average molecular weight is 298 g/mol. The van der Waals surface area contributed by atoms with E-state index in [1.165, 1.54) is 10.1 Å². The molecule has 0 aliphatic rings. The Balaban J connectivity index is 1.95. The molecule has 5 heteroatoms. The van der Waals surface area contributed by atoms with Gasteiger partial charge in [0.25, 0.3) is 0 Å². The molecule has 0 atom stereocenters. The third-order valence-corrected chi connectivity index (χ3v) is 4.04. The zero-order chi connectivity index (χ0) is 15.0. The molecule has 0 fully saturated rings. The van der Waals surface area contributed by atoms with Gasteiger partial charge in [-0.05, 0) is 35.0 Å². The highest BCUT2D eigenvalue weighted by Gasteiger charge is 2.18. The van der Waals surface area contributed by atoms with E-state index in [-0.39, 0.29) is 5.41 Å². The number of hydrogen-bond acceptors (Lipinski definition) is 5. The first-order valence-corrected chi connectivity index (χ1v) is 7.69. The minimum absolute atomic E-state index is 0.136. The van der Waals surface area contributed by atoms with E-state index in [0.717, 1.165) is 17.3 Å². The quantitative estimate of drug-likeness (QED) is 0.739. The first-order chi connectivity index (χ1) is 9.91. The molecule has 21 heavy (non-hydrogen) atoms. The first-order valence-electron chi connectivity index (χ1n) is 6.81. The van der Waals surface area contributed by atoms with E-state index < -0.39 is 0 Å². The van der Waals surface area contributed by atoms with Gasteiger partial charge in [0.1, 0.15) is 17.5 Å². The molecule has 2 aromatic heterocycles. The summed E-state index contributed by atoms with van der Waals surface area (Å²) in [5.41, 5.74) is 6.76. The van der Waals surface area contributed by atoms with Crippen molar-refractivity contribution >= 4 is 38.7 Å². The predicted molar refractivity (Wildman–Crippen MR) is 90.3 cm³/mol. The van der Waals surface area contributed by atoms with E-state index in [0.29, 0.717) is 5.82 Å². The van der Waals surface area contributed by atoms with Gasteiger partial charge in [0.2, 0.25) is 0 Å². The molecular weight excluding hydrogens is 280 g/mol. The van der Waals surface area contributed by atoms with Crippen LogP contribution in [-0.4, -0.2) is 9.97 Å². The first kappa shape index (κ1) is 13.8. The average Bonchev–Trinajstić information content (AvgIpc) is 2.84. The van der Waals surface area contributed by atoms with E-state index >= 15 is 0 Å². The molecular formula is C16H18N4S. The van der Waals surface area contributed by atoms with Crippen LogP contribution in [0.15, 0.2) is 35.7 Å². The Bertz CT molecular complexity index is 786. The van der Waals surface area contributed by atoms with Crippen LogP contribution < -0.4 is 11.1 Å². The maximum atomic E-state index is 5.89. The molecule has 0 amide bonds. The molecule has 0 aliphatic carbocycles. The number of anilines is 3. The standard InChI is InChI=1S/C16H18N4S/c1-16(2,3)15-19-13(17)9-14(20-15)18-11-4-5-12-10(8-11)6-7-21-12/h4-9H,1-3H3,(H3,17,18,19,20). The molecule has 0 unspecified atom stereocenters. The highest BCUT2D eigenvalue weighted by molar-refractivity contribution is 7.17. The number of thiophene rings is 1. The van der Waals surface area contributed by atoms with Crippen LogP contribution in [0.3, 0.4) is 0 Å². The van der Waals surface area contributed by atoms with Crippen LogP contribution in [0.2, 0.25) is 0 Å². The van der Waals surface area contributed by atoms with Gasteiger partial charge >= 0.3 is 0 Å². The van der Waals surface area contributed by atoms with E-state index in [9.17, 15) is 0 Å². The summed E-state index contributed by atoms with van der Waals surface area (Å²) in [7, 11) is 0. The van der Waals surface area contributed by atoms with Gasteiger partial charge in [0, 0.05) is 21.9 Å². The summed E-state index contributed by atoms with van der Waals surface area (Å²) < 4.78 is 1.28.